The van der Waals surface area contributed by atoms with Gasteiger partial charge in [0.15, 0.2) is 0 Å². The molecule has 0 atom stereocenters. The van der Waals surface area contributed by atoms with Crippen LogP contribution < -0.4 is 11.1 Å². The van der Waals surface area contributed by atoms with E-state index in [2.05, 4.69) is 5.32 Å². The smallest absolute Gasteiger partial charge is 0.416 e. The average Bonchev–Trinajstić information content (AvgIpc) is 2.57. The molecule has 1 aromatic rings. The first-order valence-corrected chi connectivity index (χ1v) is 9.20. The minimum Gasteiger partial charge on any atom is -0.444 e. The second-order valence-electron chi connectivity index (χ2n) is 8.02. The normalized spacial score (nSPS) is 15.2. The lowest BCUT2D eigenvalue weighted by molar-refractivity contribution is -0.138. The predicted molar refractivity (Wildman–Crippen MR) is 104 cm³/mol. The number of ether oxygens (including phenoxy) is 1. The van der Waals surface area contributed by atoms with Gasteiger partial charge in [-0.05, 0) is 45.4 Å². The molecule has 0 saturated carbocycles. The van der Waals surface area contributed by atoms with E-state index < -0.39 is 35.2 Å². The number of halogens is 3. The fraction of sp³-hybridized carbons (Fsp3) is 0.526. The number of piperazine rings is 1. The van der Waals surface area contributed by atoms with Crippen molar-refractivity contribution in [3.05, 3.63) is 23.3 Å². The number of rotatable bonds is 3. The second kappa shape index (κ2) is 8.41. The quantitative estimate of drug-likeness (QED) is 0.718. The zero-order valence-electron chi connectivity index (χ0n) is 17.2. The Morgan fingerprint density at radius 3 is 2.33 bits per heavy atom. The van der Waals surface area contributed by atoms with Gasteiger partial charge < -0.3 is 20.7 Å². The number of hydrogen-bond acceptors (Lipinski definition) is 5. The van der Waals surface area contributed by atoms with Crippen molar-refractivity contribution in [1.82, 2.24) is 9.80 Å². The molecule has 3 N–H and O–H groups in total. The molecule has 2 rings (SSSR count). The molecule has 11 heteroatoms. The molecule has 1 saturated heterocycles. The summed E-state index contributed by atoms with van der Waals surface area (Å²) in [4.78, 5) is 39.2. The van der Waals surface area contributed by atoms with Crippen molar-refractivity contribution in [1.29, 1.82) is 0 Å². The van der Waals surface area contributed by atoms with Crippen molar-refractivity contribution in [2.24, 2.45) is 0 Å². The Morgan fingerprint density at radius 2 is 1.83 bits per heavy atom. The molecule has 0 unspecified atom stereocenters. The van der Waals surface area contributed by atoms with Gasteiger partial charge in [0, 0.05) is 13.1 Å². The number of carbonyl (C=O) groups excluding carboxylic acids is 3. The number of nitrogen functional groups attached to an aromatic ring is 1. The second-order valence-corrected chi connectivity index (χ2v) is 8.02. The van der Waals surface area contributed by atoms with Crippen LogP contribution in [0.5, 0.6) is 0 Å². The lowest BCUT2D eigenvalue weighted by Crippen LogP contribution is -2.54. The number of alkyl halides is 3. The summed E-state index contributed by atoms with van der Waals surface area (Å²) in [7, 11) is 0. The van der Waals surface area contributed by atoms with Gasteiger partial charge in [0.2, 0.25) is 11.8 Å². The molecule has 1 aromatic carbocycles. The summed E-state index contributed by atoms with van der Waals surface area (Å²) in [6, 6.07) is 1.63. The van der Waals surface area contributed by atoms with E-state index in [1.165, 1.54) is 16.7 Å². The van der Waals surface area contributed by atoms with Crippen LogP contribution in [0.15, 0.2) is 12.1 Å². The molecule has 1 aliphatic heterocycles. The molecular weight excluding hydrogens is 405 g/mol. The van der Waals surface area contributed by atoms with E-state index in [0.29, 0.717) is 0 Å². The van der Waals surface area contributed by atoms with Gasteiger partial charge in [-0.2, -0.15) is 13.2 Å². The summed E-state index contributed by atoms with van der Waals surface area (Å²) in [5, 5.41) is 2.46. The van der Waals surface area contributed by atoms with E-state index in [-0.39, 0.29) is 43.1 Å². The lowest BCUT2D eigenvalue weighted by Gasteiger charge is -2.34. The highest BCUT2D eigenvalue weighted by molar-refractivity contribution is 5.98. The third kappa shape index (κ3) is 6.01. The van der Waals surface area contributed by atoms with Gasteiger partial charge in [-0.15, -0.1) is 0 Å². The number of carbonyl (C=O) groups is 3. The van der Waals surface area contributed by atoms with Gasteiger partial charge in [0.25, 0.3) is 0 Å². The molecule has 1 heterocycles. The van der Waals surface area contributed by atoms with Crippen molar-refractivity contribution in [3.8, 4) is 0 Å². The lowest BCUT2D eigenvalue weighted by atomic mass is 10.1. The van der Waals surface area contributed by atoms with E-state index in [1.807, 2.05) is 0 Å². The molecule has 1 aliphatic rings. The maximum Gasteiger partial charge on any atom is 0.416 e. The number of nitrogens with zero attached hydrogens (tertiary/aromatic N) is 2. The van der Waals surface area contributed by atoms with Gasteiger partial charge in [0.1, 0.15) is 12.1 Å². The first kappa shape index (κ1) is 23.3. The van der Waals surface area contributed by atoms with Crippen LogP contribution in [0.2, 0.25) is 0 Å². The van der Waals surface area contributed by atoms with E-state index in [1.54, 1.807) is 20.8 Å². The molecular formula is C19H25F3N4O4. The van der Waals surface area contributed by atoms with Crippen LogP contribution in [0.4, 0.5) is 29.3 Å². The van der Waals surface area contributed by atoms with Crippen LogP contribution in [0.1, 0.15) is 31.9 Å². The van der Waals surface area contributed by atoms with Crippen molar-refractivity contribution in [2.45, 2.75) is 39.5 Å². The standard InChI is InChI=1S/C19H25F3N4O4/c1-11-7-12(19(20,21)22)8-13(23)16(11)24-14(27)9-25-5-6-26(10-15(25)28)17(29)30-18(2,3)4/h7-8H,5-6,9-10,23H2,1-4H3,(H,24,27). The summed E-state index contributed by atoms with van der Waals surface area (Å²) in [6.45, 7) is 6.28. The molecule has 0 aromatic heterocycles. The number of amides is 3. The zero-order valence-corrected chi connectivity index (χ0v) is 17.2. The van der Waals surface area contributed by atoms with Crippen molar-refractivity contribution >= 4 is 29.3 Å². The highest BCUT2D eigenvalue weighted by Gasteiger charge is 2.33. The zero-order chi connectivity index (χ0) is 22.9. The number of benzene rings is 1. The number of nitrogens with one attached hydrogen (secondary N) is 1. The van der Waals surface area contributed by atoms with Gasteiger partial charge in [-0.1, -0.05) is 0 Å². The van der Waals surface area contributed by atoms with Crippen LogP contribution in [0.3, 0.4) is 0 Å². The maximum absolute atomic E-state index is 12.8. The fourth-order valence-electron chi connectivity index (χ4n) is 2.86. The number of anilines is 2. The highest BCUT2D eigenvalue weighted by atomic mass is 19.4. The molecule has 0 spiro atoms. The maximum atomic E-state index is 12.8. The molecule has 3 amide bonds. The Morgan fingerprint density at radius 1 is 1.20 bits per heavy atom. The van der Waals surface area contributed by atoms with Crippen molar-refractivity contribution < 1.29 is 32.3 Å². The summed E-state index contributed by atoms with van der Waals surface area (Å²) in [5.41, 5.74) is 4.05. The van der Waals surface area contributed by atoms with Crippen molar-refractivity contribution in [3.63, 3.8) is 0 Å². The summed E-state index contributed by atoms with van der Waals surface area (Å²) in [6.07, 6.45) is -5.17. The molecule has 0 radical (unpaired) electrons. The van der Waals surface area contributed by atoms with Crippen LogP contribution in [0.25, 0.3) is 0 Å². The monoisotopic (exact) mass is 430 g/mol. The fourth-order valence-corrected chi connectivity index (χ4v) is 2.86. The molecule has 0 aliphatic carbocycles. The summed E-state index contributed by atoms with van der Waals surface area (Å²) >= 11 is 0. The van der Waals surface area contributed by atoms with Gasteiger partial charge in [-0.3, -0.25) is 14.5 Å². The van der Waals surface area contributed by atoms with Gasteiger partial charge in [-0.25, -0.2) is 4.79 Å². The van der Waals surface area contributed by atoms with E-state index >= 15 is 0 Å². The van der Waals surface area contributed by atoms with Gasteiger partial charge >= 0.3 is 12.3 Å². The minimum atomic E-state index is -4.55. The summed E-state index contributed by atoms with van der Waals surface area (Å²) < 4.78 is 43.8. The Balaban J connectivity index is 1.98. The van der Waals surface area contributed by atoms with Gasteiger partial charge in [0.05, 0.1) is 23.5 Å². The number of aryl methyl sites for hydroxylation is 1. The van der Waals surface area contributed by atoms with E-state index in [9.17, 15) is 27.6 Å². The van der Waals surface area contributed by atoms with Crippen LogP contribution in [0, 0.1) is 6.92 Å². The first-order valence-electron chi connectivity index (χ1n) is 9.20. The molecule has 0 bridgehead atoms. The number of hydrogen-bond donors (Lipinski definition) is 2. The summed E-state index contributed by atoms with van der Waals surface area (Å²) in [5.74, 6) is -1.05. The van der Waals surface area contributed by atoms with E-state index in [0.717, 1.165) is 12.1 Å². The van der Waals surface area contributed by atoms with Crippen LogP contribution in [-0.2, 0) is 20.5 Å². The highest BCUT2D eigenvalue weighted by Crippen LogP contribution is 2.35. The Kier molecular flexibility index (Phi) is 6.53. The third-order valence-corrected chi connectivity index (χ3v) is 4.26. The largest absolute Gasteiger partial charge is 0.444 e. The molecule has 30 heavy (non-hydrogen) atoms. The number of nitrogens with two attached hydrogens (primary N) is 1. The molecule has 8 nitrogen and oxygen atoms in total. The molecule has 1 fully saturated rings. The van der Waals surface area contributed by atoms with Crippen molar-refractivity contribution in [2.75, 3.05) is 37.2 Å². The van der Waals surface area contributed by atoms with Crippen LogP contribution in [-0.4, -0.2) is 59.5 Å². The predicted octanol–water partition coefficient (Wildman–Crippen LogP) is 2.61. The molecule has 166 valence electrons. The average molecular weight is 430 g/mol. The Hall–Kier alpha value is -2.98. The topological polar surface area (TPSA) is 105 Å². The Bertz CT molecular complexity index is 826. The van der Waals surface area contributed by atoms with E-state index in [4.69, 9.17) is 10.5 Å². The SMILES string of the molecule is Cc1cc(C(F)(F)F)cc(N)c1NC(=O)CN1CCN(C(=O)OC(C)(C)C)CC1=O. The Labute approximate surface area is 172 Å². The minimum absolute atomic E-state index is 0.0628. The third-order valence-electron chi connectivity index (χ3n) is 4.26. The first-order chi connectivity index (χ1) is 13.7. The van der Waals surface area contributed by atoms with Crippen LogP contribution >= 0.6 is 0 Å².